The van der Waals surface area contributed by atoms with Crippen molar-refractivity contribution in [3.05, 3.63) is 119 Å². The minimum Gasteiger partial charge on any atom is -0.457 e. The average molecular weight is 693 g/mol. The minimum atomic E-state index is -4.18. The number of nitrogens with zero attached hydrogens (tertiary/aromatic N) is 2. The van der Waals surface area contributed by atoms with Gasteiger partial charge in [0.05, 0.1) is 10.6 Å². The summed E-state index contributed by atoms with van der Waals surface area (Å²) in [6, 6.07) is 28.8. The lowest BCUT2D eigenvalue weighted by Crippen LogP contribution is -2.51. The Morgan fingerprint density at radius 1 is 0.822 bits per heavy atom. The van der Waals surface area contributed by atoms with Gasteiger partial charge in [-0.2, -0.15) is 0 Å². The van der Waals surface area contributed by atoms with E-state index in [4.69, 9.17) is 4.74 Å². The van der Waals surface area contributed by atoms with Crippen molar-refractivity contribution < 1.29 is 22.7 Å². The molecule has 0 bridgehead atoms. The number of para-hydroxylation sites is 1. The zero-order chi connectivity index (χ0) is 32.6. The van der Waals surface area contributed by atoms with E-state index >= 15 is 0 Å². The number of hydrogen-bond acceptors (Lipinski definition) is 5. The SMILES string of the molecule is Cc1ccc(S(=O)(=O)N(CC(=O)N(Cc2ccc(Br)cc2)C(C)C(=O)NCC(C)C)c2ccc(Oc3ccccc3)cc2)cc1. The third kappa shape index (κ3) is 9.18. The highest BCUT2D eigenvalue weighted by atomic mass is 79.9. The number of sulfonamides is 1. The van der Waals surface area contributed by atoms with Gasteiger partial charge in [0.25, 0.3) is 10.0 Å². The van der Waals surface area contributed by atoms with Crippen LogP contribution < -0.4 is 14.4 Å². The lowest BCUT2D eigenvalue weighted by atomic mass is 10.1. The van der Waals surface area contributed by atoms with Gasteiger partial charge >= 0.3 is 0 Å². The molecule has 2 amide bonds. The Morgan fingerprint density at radius 3 is 2.02 bits per heavy atom. The fraction of sp³-hybridized carbons (Fsp3) is 0.257. The van der Waals surface area contributed by atoms with Crippen molar-refractivity contribution in [1.82, 2.24) is 10.2 Å². The molecule has 1 atom stereocenters. The number of carbonyl (C=O) groups excluding carboxylic acids is 2. The summed E-state index contributed by atoms with van der Waals surface area (Å²) in [6.45, 7) is 7.54. The van der Waals surface area contributed by atoms with Gasteiger partial charge in [0, 0.05) is 17.6 Å². The highest BCUT2D eigenvalue weighted by molar-refractivity contribution is 9.10. The maximum absolute atomic E-state index is 14.1. The normalized spacial score (nSPS) is 12.0. The van der Waals surface area contributed by atoms with Gasteiger partial charge in [-0.1, -0.05) is 77.8 Å². The fourth-order valence-corrected chi connectivity index (χ4v) is 6.17. The number of anilines is 1. The van der Waals surface area contributed by atoms with Gasteiger partial charge in [-0.25, -0.2) is 8.42 Å². The topological polar surface area (TPSA) is 96.0 Å². The van der Waals surface area contributed by atoms with Crippen LogP contribution in [0, 0.1) is 12.8 Å². The molecule has 236 valence electrons. The van der Waals surface area contributed by atoms with Gasteiger partial charge in [-0.3, -0.25) is 13.9 Å². The number of ether oxygens (including phenoxy) is 1. The molecule has 4 aromatic rings. The molecule has 0 fully saturated rings. The second-order valence-corrected chi connectivity index (χ2v) is 14.0. The average Bonchev–Trinajstić information content (AvgIpc) is 3.03. The number of rotatable bonds is 13. The lowest BCUT2D eigenvalue weighted by molar-refractivity contribution is -0.139. The molecule has 1 unspecified atom stereocenters. The van der Waals surface area contributed by atoms with Crippen molar-refractivity contribution in [2.45, 2.75) is 45.2 Å². The number of halogens is 1. The molecular weight excluding hydrogens is 654 g/mol. The van der Waals surface area contributed by atoms with Gasteiger partial charge in [0.2, 0.25) is 11.8 Å². The molecule has 0 aliphatic carbocycles. The van der Waals surface area contributed by atoms with Crippen LogP contribution >= 0.6 is 15.9 Å². The highest BCUT2D eigenvalue weighted by Gasteiger charge is 2.32. The number of aryl methyl sites for hydroxylation is 1. The first kappa shape index (κ1) is 33.7. The summed E-state index contributed by atoms with van der Waals surface area (Å²) < 4.78 is 36.0. The molecule has 0 saturated heterocycles. The number of benzene rings is 4. The molecule has 4 rings (SSSR count). The monoisotopic (exact) mass is 691 g/mol. The molecule has 0 aromatic heterocycles. The molecule has 0 aliphatic rings. The van der Waals surface area contributed by atoms with Crippen molar-refractivity contribution in [2.24, 2.45) is 5.92 Å². The van der Waals surface area contributed by atoms with Crippen LogP contribution in [-0.4, -0.2) is 44.3 Å². The number of carbonyl (C=O) groups is 2. The van der Waals surface area contributed by atoms with E-state index in [-0.39, 0.29) is 29.0 Å². The van der Waals surface area contributed by atoms with Crippen LogP contribution in [-0.2, 0) is 26.2 Å². The molecule has 1 N–H and O–H groups in total. The van der Waals surface area contributed by atoms with Crippen LogP contribution in [0.3, 0.4) is 0 Å². The summed E-state index contributed by atoms with van der Waals surface area (Å²) in [5, 5.41) is 2.90. The molecule has 0 spiro atoms. The Morgan fingerprint density at radius 2 is 1.42 bits per heavy atom. The molecule has 0 aliphatic heterocycles. The van der Waals surface area contributed by atoms with E-state index in [0.717, 1.165) is 19.9 Å². The molecule has 0 saturated carbocycles. The Balaban J connectivity index is 1.69. The van der Waals surface area contributed by atoms with E-state index in [1.807, 2.05) is 75.4 Å². The predicted molar refractivity (Wildman–Crippen MR) is 181 cm³/mol. The van der Waals surface area contributed by atoms with Gasteiger partial charge < -0.3 is 15.0 Å². The van der Waals surface area contributed by atoms with E-state index in [2.05, 4.69) is 21.2 Å². The Bertz CT molecular complexity index is 1680. The summed E-state index contributed by atoms with van der Waals surface area (Å²) in [6.07, 6.45) is 0. The van der Waals surface area contributed by atoms with Gasteiger partial charge in [0.1, 0.15) is 24.1 Å². The van der Waals surface area contributed by atoms with Crippen LogP contribution in [0.1, 0.15) is 31.9 Å². The van der Waals surface area contributed by atoms with E-state index in [1.165, 1.54) is 17.0 Å². The van der Waals surface area contributed by atoms with Gasteiger partial charge in [-0.05, 0) is 86.0 Å². The molecule has 45 heavy (non-hydrogen) atoms. The third-order valence-corrected chi connectivity index (χ3v) is 9.43. The van der Waals surface area contributed by atoms with Crippen molar-refractivity contribution in [3.8, 4) is 11.5 Å². The second-order valence-electron chi connectivity index (χ2n) is 11.2. The first-order valence-corrected chi connectivity index (χ1v) is 16.9. The van der Waals surface area contributed by atoms with Crippen molar-refractivity contribution in [3.63, 3.8) is 0 Å². The summed E-state index contributed by atoms with van der Waals surface area (Å²) in [7, 11) is -4.18. The summed E-state index contributed by atoms with van der Waals surface area (Å²) in [4.78, 5) is 28.8. The lowest BCUT2D eigenvalue weighted by Gasteiger charge is -2.32. The van der Waals surface area contributed by atoms with E-state index in [1.54, 1.807) is 43.3 Å². The first-order chi connectivity index (χ1) is 21.4. The van der Waals surface area contributed by atoms with Crippen LogP contribution in [0.2, 0.25) is 0 Å². The first-order valence-electron chi connectivity index (χ1n) is 14.7. The van der Waals surface area contributed by atoms with Crippen LogP contribution in [0.25, 0.3) is 0 Å². The number of nitrogens with one attached hydrogen (secondary N) is 1. The second kappa shape index (κ2) is 15.2. The van der Waals surface area contributed by atoms with E-state index in [9.17, 15) is 18.0 Å². The van der Waals surface area contributed by atoms with Crippen molar-refractivity contribution >= 4 is 43.5 Å². The standard InChI is InChI=1S/C35H38BrN3O5S/c1-25(2)22-37-35(41)27(4)38(23-28-12-14-29(36)15-13-28)34(40)24-39(45(42,43)33-20-10-26(3)11-21-33)30-16-18-32(19-17-30)44-31-8-6-5-7-9-31/h5-21,25,27H,22-24H2,1-4H3,(H,37,41). The Labute approximate surface area is 274 Å². The van der Waals surface area contributed by atoms with E-state index in [0.29, 0.717) is 18.0 Å². The fourth-order valence-electron chi connectivity index (χ4n) is 4.49. The Kier molecular flexibility index (Phi) is 11.4. The van der Waals surface area contributed by atoms with Gasteiger partial charge in [0.15, 0.2) is 0 Å². The number of hydrogen-bond donors (Lipinski definition) is 1. The summed E-state index contributed by atoms with van der Waals surface area (Å²) in [5.74, 6) is 0.532. The van der Waals surface area contributed by atoms with E-state index < -0.39 is 28.5 Å². The van der Waals surface area contributed by atoms with Crippen molar-refractivity contribution in [1.29, 1.82) is 0 Å². The zero-order valence-electron chi connectivity index (χ0n) is 25.8. The zero-order valence-corrected chi connectivity index (χ0v) is 28.2. The van der Waals surface area contributed by atoms with Crippen LogP contribution in [0.15, 0.2) is 112 Å². The highest BCUT2D eigenvalue weighted by Crippen LogP contribution is 2.29. The summed E-state index contributed by atoms with van der Waals surface area (Å²) in [5.41, 5.74) is 1.98. The molecule has 0 heterocycles. The number of amides is 2. The third-order valence-electron chi connectivity index (χ3n) is 7.11. The molecule has 8 nitrogen and oxygen atoms in total. The molecule has 10 heteroatoms. The predicted octanol–water partition coefficient (Wildman–Crippen LogP) is 6.93. The summed E-state index contributed by atoms with van der Waals surface area (Å²) >= 11 is 3.43. The van der Waals surface area contributed by atoms with Crippen LogP contribution in [0.4, 0.5) is 5.69 Å². The molecule has 4 aromatic carbocycles. The smallest absolute Gasteiger partial charge is 0.264 e. The van der Waals surface area contributed by atoms with Crippen molar-refractivity contribution in [2.75, 3.05) is 17.4 Å². The maximum Gasteiger partial charge on any atom is 0.264 e. The molecule has 0 radical (unpaired) electrons. The Hall–Kier alpha value is -4.15. The molecular formula is C35H38BrN3O5S. The quantitative estimate of drug-likeness (QED) is 0.164. The van der Waals surface area contributed by atoms with Gasteiger partial charge in [-0.15, -0.1) is 0 Å². The maximum atomic E-state index is 14.1. The van der Waals surface area contributed by atoms with Crippen LogP contribution in [0.5, 0.6) is 11.5 Å². The largest absolute Gasteiger partial charge is 0.457 e. The minimum absolute atomic E-state index is 0.0488.